The largest absolute Gasteiger partial charge is 0.359 e. The lowest BCUT2D eigenvalue weighted by Crippen LogP contribution is -2.39. The second-order valence-corrected chi connectivity index (χ2v) is 4.30. The van der Waals surface area contributed by atoms with Gasteiger partial charge in [-0.2, -0.15) is 0 Å². The predicted molar refractivity (Wildman–Crippen MR) is 66.5 cm³/mol. The van der Waals surface area contributed by atoms with Gasteiger partial charge >= 0.3 is 17.6 Å². The molecule has 0 unspecified atom stereocenters. The van der Waals surface area contributed by atoms with Crippen molar-refractivity contribution in [2.75, 3.05) is 0 Å². The van der Waals surface area contributed by atoms with Crippen LogP contribution in [0.5, 0.6) is 0 Å². The Bertz CT molecular complexity index is 909. The molecule has 24 heavy (non-hydrogen) atoms. The van der Waals surface area contributed by atoms with Gasteiger partial charge in [-0.25, -0.2) is 9.59 Å². The van der Waals surface area contributed by atoms with Crippen LogP contribution in [0.25, 0.3) is 11.4 Å². The Labute approximate surface area is 130 Å². The molecular formula is C10H6N6O8. The molecule has 14 heteroatoms. The molecule has 0 spiro atoms. The van der Waals surface area contributed by atoms with Crippen molar-refractivity contribution >= 4 is 23.4 Å². The minimum atomic E-state index is -0.811. The van der Waals surface area contributed by atoms with E-state index < -0.39 is 23.3 Å². The first-order valence-corrected chi connectivity index (χ1v) is 6.12. The summed E-state index contributed by atoms with van der Waals surface area (Å²) < 4.78 is 8.84. The first-order chi connectivity index (χ1) is 11.4. The predicted octanol–water partition coefficient (Wildman–Crippen LogP) is -1.86. The van der Waals surface area contributed by atoms with Crippen LogP contribution in [-0.2, 0) is 19.3 Å². The van der Waals surface area contributed by atoms with Gasteiger partial charge in [-0.05, 0) is 9.81 Å². The van der Waals surface area contributed by atoms with Gasteiger partial charge in [-0.3, -0.25) is 9.26 Å². The van der Waals surface area contributed by atoms with E-state index in [-0.39, 0.29) is 32.6 Å². The second kappa shape index (κ2) is 5.41. The maximum Gasteiger partial charge on any atom is 0.332 e. The van der Waals surface area contributed by atoms with Crippen molar-refractivity contribution in [2.24, 2.45) is 10.3 Å². The minimum absolute atomic E-state index is 0.0530. The number of fused-ring (bicyclic) bond motifs is 3. The van der Waals surface area contributed by atoms with E-state index in [2.05, 4.69) is 39.6 Å². The van der Waals surface area contributed by atoms with Crippen LogP contribution in [0.1, 0.15) is 25.2 Å². The van der Waals surface area contributed by atoms with Crippen molar-refractivity contribution in [1.82, 2.24) is 10.3 Å². The maximum atomic E-state index is 11.8. The lowest BCUT2D eigenvalue weighted by Gasteiger charge is -2.06. The lowest BCUT2D eigenvalue weighted by molar-refractivity contribution is -0.803. The molecule has 1 aliphatic rings. The summed E-state index contributed by atoms with van der Waals surface area (Å²) in [5.74, 6) is -1.62. The molecule has 1 aliphatic carbocycles. The highest BCUT2D eigenvalue weighted by atomic mass is 16.8. The summed E-state index contributed by atoms with van der Waals surface area (Å²) >= 11 is 0. The van der Waals surface area contributed by atoms with Gasteiger partial charge in [0.25, 0.3) is 17.1 Å². The number of nitrogens with zero attached hydrogens (tertiary/aromatic N) is 6. The summed E-state index contributed by atoms with van der Waals surface area (Å²) in [5, 5.41) is 37.3. The van der Waals surface area contributed by atoms with Gasteiger partial charge in [0.15, 0.2) is 11.4 Å². The van der Waals surface area contributed by atoms with Crippen LogP contribution in [0, 0.1) is 10.4 Å². The number of aromatic nitrogens is 4. The fourth-order valence-corrected chi connectivity index (χ4v) is 1.82. The Balaban J connectivity index is 2.27. The van der Waals surface area contributed by atoms with E-state index in [1.54, 1.807) is 0 Å². The highest BCUT2D eigenvalue weighted by molar-refractivity contribution is 6.55. The van der Waals surface area contributed by atoms with E-state index in [1.807, 2.05) is 0 Å². The van der Waals surface area contributed by atoms with Gasteiger partial charge in [-0.15, -0.1) is 0 Å². The summed E-state index contributed by atoms with van der Waals surface area (Å²) in [6.45, 7) is 2.12. The van der Waals surface area contributed by atoms with E-state index in [0.29, 0.717) is 0 Å². The lowest BCUT2D eigenvalue weighted by atomic mass is 9.97. The van der Waals surface area contributed by atoms with E-state index in [4.69, 9.17) is 0 Å². The van der Waals surface area contributed by atoms with Crippen LogP contribution in [0.4, 0.5) is 0 Å². The topological polar surface area (TPSA) is 183 Å². The number of oxime groups is 2. The van der Waals surface area contributed by atoms with Gasteiger partial charge in [0, 0.05) is 19.0 Å². The Morgan fingerprint density at radius 3 is 2.00 bits per heavy atom. The molecule has 0 radical (unpaired) electrons. The molecule has 0 N–H and O–H groups in total. The number of hydrogen-bond donors (Lipinski definition) is 0. The van der Waals surface area contributed by atoms with Crippen molar-refractivity contribution in [1.29, 1.82) is 0 Å². The summed E-state index contributed by atoms with van der Waals surface area (Å²) in [6, 6.07) is 0. The third-order valence-electron chi connectivity index (χ3n) is 2.65. The molecule has 0 fully saturated rings. The molecule has 2 heterocycles. The summed E-state index contributed by atoms with van der Waals surface area (Å²) in [4.78, 5) is 30.8. The van der Waals surface area contributed by atoms with Crippen molar-refractivity contribution in [2.45, 2.75) is 13.8 Å². The van der Waals surface area contributed by atoms with E-state index in [1.165, 1.54) is 0 Å². The molecule has 124 valence electrons. The zero-order chi connectivity index (χ0) is 17.4. The minimum Gasteiger partial charge on any atom is -0.359 e. The SMILES string of the molecule is CC(=O)O/N=C1/C(=N/OC(C)=O)c2c(no[n+]2[O-])-c2c1no[n+]2[O-]. The number of rotatable bonds is 2. The standard InChI is InChI=1S/C10H6N6O8/c1-3(17)21-11-5-6(12-22-4(2)18)9-8(14-24-15(9)19)10-7(5)13-23-16(10)20/h1-2H3/b11-5-,12-6-. The molecule has 2 aromatic rings. The highest BCUT2D eigenvalue weighted by Crippen LogP contribution is 2.27. The van der Waals surface area contributed by atoms with Crippen LogP contribution < -0.4 is 9.81 Å². The van der Waals surface area contributed by atoms with Gasteiger partial charge < -0.3 is 20.1 Å². The first kappa shape index (κ1) is 15.1. The summed E-state index contributed by atoms with van der Waals surface area (Å²) in [5.41, 5.74) is -2.04. The third kappa shape index (κ3) is 2.31. The molecule has 14 nitrogen and oxygen atoms in total. The number of carbonyl (C=O) groups excluding carboxylic acids is 2. The molecule has 0 saturated heterocycles. The zero-order valence-electron chi connectivity index (χ0n) is 11.9. The van der Waals surface area contributed by atoms with E-state index >= 15 is 0 Å². The monoisotopic (exact) mass is 338 g/mol. The molecule has 2 aromatic heterocycles. The number of carbonyl (C=O) groups is 2. The quantitative estimate of drug-likeness (QED) is 0.342. The van der Waals surface area contributed by atoms with Gasteiger partial charge in [0.2, 0.25) is 0 Å². The van der Waals surface area contributed by atoms with Crippen molar-refractivity contribution in [3.8, 4) is 11.4 Å². The van der Waals surface area contributed by atoms with Crippen LogP contribution in [0.15, 0.2) is 19.6 Å². The first-order valence-electron chi connectivity index (χ1n) is 6.12. The fraction of sp³-hybridized carbons (Fsp3) is 0.200. The second-order valence-electron chi connectivity index (χ2n) is 4.30. The normalized spacial score (nSPS) is 15.9. The molecule has 3 rings (SSSR count). The smallest absolute Gasteiger partial charge is 0.332 e. The summed E-state index contributed by atoms with van der Waals surface area (Å²) in [7, 11) is 0. The average Bonchev–Trinajstić information content (AvgIpc) is 3.07. The van der Waals surface area contributed by atoms with E-state index in [9.17, 15) is 20.0 Å². The molecule has 0 amide bonds. The summed E-state index contributed by atoms with van der Waals surface area (Å²) in [6.07, 6.45) is 0. The molecule has 0 aliphatic heterocycles. The molecular weight excluding hydrogens is 332 g/mol. The van der Waals surface area contributed by atoms with Crippen molar-refractivity contribution < 1.29 is 38.3 Å². The molecule has 0 saturated carbocycles. The third-order valence-corrected chi connectivity index (χ3v) is 2.65. The number of hydrogen-bond acceptors (Lipinski definition) is 12. The Hall–Kier alpha value is -3.84. The fourth-order valence-electron chi connectivity index (χ4n) is 1.82. The Morgan fingerprint density at radius 1 is 0.917 bits per heavy atom. The maximum absolute atomic E-state index is 11.8. The van der Waals surface area contributed by atoms with Crippen LogP contribution in [0.2, 0.25) is 0 Å². The molecule has 0 atom stereocenters. The zero-order valence-corrected chi connectivity index (χ0v) is 11.9. The Morgan fingerprint density at radius 2 is 1.42 bits per heavy atom. The van der Waals surface area contributed by atoms with Crippen molar-refractivity contribution in [3.05, 3.63) is 21.8 Å². The van der Waals surface area contributed by atoms with Crippen molar-refractivity contribution in [3.63, 3.8) is 0 Å². The van der Waals surface area contributed by atoms with Gasteiger partial charge in [0.1, 0.15) is 0 Å². The van der Waals surface area contributed by atoms with Crippen LogP contribution in [0.3, 0.4) is 0 Å². The van der Waals surface area contributed by atoms with Crippen LogP contribution in [-0.4, -0.2) is 33.7 Å². The molecule has 0 bridgehead atoms. The Kier molecular flexibility index (Phi) is 3.40. The van der Waals surface area contributed by atoms with Crippen LogP contribution >= 0.6 is 0 Å². The average molecular weight is 338 g/mol. The van der Waals surface area contributed by atoms with E-state index in [0.717, 1.165) is 13.8 Å². The molecule has 0 aromatic carbocycles. The van der Waals surface area contributed by atoms with Gasteiger partial charge in [0.05, 0.1) is 5.16 Å². The van der Waals surface area contributed by atoms with Gasteiger partial charge in [-0.1, -0.05) is 10.3 Å². The highest BCUT2D eigenvalue weighted by Gasteiger charge is 2.47.